The zero-order valence-electron chi connectivity index (χ0n) is 38.4. The number of furan rings is 1. The molecule has 0 fully saturated rings. The van der Waals surface area contributed by atoms with Crippen LogP contribution in [0.25, 0.3) is 105 Å². The topological polar surface area (TPSA) is 47.7 Å². The number of fused-ring (bicyclic) bond motifs is 10. The van der Waals surface area contributed by atoms with Gasteiger partial charge in [-0.05, 0) is 101 Å². The third kappa shape index (κ3) is 6.39. The summed E-state index contributed by atoms with van der Waals surface area (Å²) in [5.74, 6) is 0.699. The number of para-hydroxylation sites is 4. The number of aromatic nitrogens is 2. The van der Waals surface area contributed by atoms with Gasteiger partial charge < -0.3 is 13.6 Å². The van der Waals surface area contributed by atoms with E-state index in [1.165, 1.54) is 37.8 Å². The van der Waals surface area contributed by atoms with Gasteiger partial charge in [-0.2, -0.15) is 0 Å². The van der Waals surface area contributed by atoms with E-state index in [-0.39, 0.29) is 5.92 Å². The number of nitrogens with zero attached hydrogens (tertiary/aromatic N) is 4. The molecule has 5 heteroatoms. The predicted molar refractivity (Wildman–Crippen MR) is 293 cm³/mol. The predicted octanol–water partition coefficient (Wildman–Crippen LogP) is 16.9. The highest BCUT2D eigenvalue weighted by atomic mass is 16.3. The van der Waals surface area contributed by atoms with Gasteiger partial charge in [-0.15, -0.1) is 0 Å². The standard InChI is InChI=1S/C65H44N4O/c1-41-28-36-56(53-35-34-52-51-24-12-15-27-61(51)70-64(52)63(53)69-58-26-14-11-23-50(58)55-38-45-18-8-9-19-46(45)40-60(55)69)66-65(44-31-29-43(30-32-44)42-16-4-2-5-17-42)67-62(41)47-33-37-59-54(39-47)49-22-10-13-25-57(49)68(59)48-20-6-3-7-21-48/h2-27,29-41H,28H2,1H3/b56-36+,66-65?,67-62?. The van der Waals surface area contributed by atoms with Crippen molar-refractivity contribution in [1.82, 2.24) is 9.13 Å². The zero-order chi connectivity index (χ0) is 46.3. The third-order valence-corrected chi connectivity index (χ3v) is 14.4. The Bertz CT molecular complexity index is 4320. The van der Waals surface area contributed by atoms with Gasteiger partial charge in [-0.3, -0.25) is 0 Å². The molecule has 1 aliphatic heterocycles. The van der Waals surface area contributed by atoms with Crippen LogP contribution in [0, 0.1) is 5.92 Å². The van der Waals surface area contributed by atoms with Crippen molar-refractivity contribution in [3.05, 3.63) is 247 Å². The molecule has 0 saturated heterocycles. The Morgan fingerprint density at radius 1 is 0.429 bits per heavy atom. The summed E-state index contributed by atoms with van der Waals surface area (Å²) in [6.45, 7) is 2.30. The molecule has 0 radical (unpaired) electrons. The number of hydrogen-bond acceptors (Lipinski definition) is 3. The molecular formula is C65H44N4O. The molecule has 0 aliphatic carbocycles. The van der Waals surface area contributed by atoms with Crippen molar-refractivity contribution in [2.24, 2.45) is 15.9 Å². The summed E-state index contributed by atoms with van der Waals surface area (Å²) in [4.78, 5) is 11.4. The average Bonchev–Trinajstić information content (AvgIpc) is 4.07. The first kappa shape index (κ1) is 40.0. The van der Waals surface area contributed by atoms with Crippen LogP contribution in [0.15, 0.2) is 245 Å². The van der Waals surface area contributed by atoms with Crippen LogP contribution in [0.2, 0.25) is 0 Å². The SMILES string of the molecule is CC1C/C=C(\c2ccc3c(oc4ccccc43)c2-n2c3ccccc3c3cc4ccccc4cc32)N=C(c2ccc(-c3ccccc3)cc2)N=C1c1ccc2c(c1)c1ccccc1n2-c1ccccc1. The highest BCUT2D eigenvalue weighted by Crippen LogP contribution is 2.43. The fourth-order valence-corrected chi connectivity index (χ4v) is 11.0. The first-order valence-electron chi connectivity index (χ1n) is 24.1. The molecule has 1 aliphatic rings. The number of hydrogen-bond donors (Lipinski definition) is 0. The number of aliphatic imine (C=N–C) groups is 2. The molecule has 1 atom stereocenters. The largest absolute Gasteiger partial charge is 0.454 e. The van der Waals surface area contributed by atoms with Crippen LogP contribution in [-0.4, -0.2) is 20.7 Å². The summed E-state index contributed by atoms with van der Waals surface area (Å²) < 4.78 is 11.8. The second-order valence-electron chi connectivity index (χ2n) is 18.5. The lowest BCUT2D eigenvalue weighted by Crippen LogP contribution is -2.17. The van der Waals surface area contributed by atoms with Crippen molar-refractivity contribution in [3.63, 3.8) is 0 Å². The van der Waals surface area contributed by atoms with Crippen LogP contribution in [0.5, 0.6) is 0 Å². The highest BCUT2D eigenvalue weighted by Gasteiger charge is 2.26. The number of amidine groups is 1. The molecule has 1 unspecified atom stereocenters. The Kier molecular flexibility index (Phi) is 9.18. The van der Waals surface area contributed by atoms with Crippen LogP contribution in [0.1, 0.15) is 30.0 Å². The molecule has 14 rings (SSSR count). The van der Waals surface area contributed by atoms with Crippen molar-refractivity contribution in [1.29, 1.82) is 0 Å². The van der Waals surface area contributed by atoms with Crippen LogP contribution in [-0.2, 0) is 0 Å². The Hall–Kier alpha value is -9.06. The molecule has 13 aromatic rings. The zero-order valence-corrected chi connectivity index (χ0v) is 38.4. The molecule has 0 saturated carbocycles. The number of allylic oxidation sites excluding steroid dienone is 1. The van der Waals surface area contributed by atoms with Gasteiger partial charge in [0.1, 0.15) is 5.58 Å². The van der Waals surface area contributed by atoms with E-state index in [0.717, 1.165) is 95.5 Å². The van der Waals surface area contributed by atoms with Gasteiger partial charge in [0.25, 0.3) is 0 Å². The fourth-order valence-electron chi connectivity index (χ4n) is 11.0. The lowest BCUT2D eigenvalue weighted by Gasteiger charge is -2.20. The molecule has 0 amide bonds. The van der Waals surface area contributed by atoms with Gasteiger partial charge >= 0.3 is 0 Å². The summed E-state index contributed by atoms with van der Waals surface area (Å²) in [5, 5.41) is 9.31. The second kappa shape index (κ2) is 16.0. The van der Waals surface area contributed by atoms with Crippen molar-refractivity contribution in [2.75, 3.05) is 0 Å². The molecule has 70 heavy (non-hydrogen) atoms. The first-order valence-corrected chi connectivity index (χ1v) is 24.1. The van der Waals surface area contributed by atoms with Crippen molar-refractivity contribution < 1.29 is 4.42 Å². The van der Waals surface area contributed by atoms with Crippen LogP contribution in [0.4, 0.5) is 0 Å². The molecule has 3 aromatic heterocycles. The summed E-state index contributed by atoms with van der Waals surface area (Å²) in [7, 11) is 0. The molecule has 5 nitrogen and oxygen atoms in total. The summed E-state index contributed by atoms with van der Waals surface area (Å²) >= 11 is 0. The average molecular weight is 897 g/mol. The quantitative estimate of drug-likeness (QED) is 0.164. The Balaban J connectivity index is 1.01. The highest BCUT2D eigenvalue weighted by molar-refractivity contribution is 6.19. The van der Waals surface area contributed by atoms with E-state index in [1.54, 1.807) is 0 Å². The van der Waals surface area contributed by atoms with E-state index in [0.29, 0.717) is 5.84 Å². The maximum Gasteiger partial charge on any atom is 0.160 e. The van der Waals surface area contributed by atoms with Gasteiger partial charge in [-0.1, -0.05) is 171 Å². The normalized spacial score (nSPS) is 15.2. The Morgan fingerprint density at radius 3 is 1.79 bits per heavy atom. The van der Waals surface area contributed by atoms with E-state index < -0.39 is 0 Å². The Labute approximate surface area is 404 Å². The van der Waals surface area contributed by atoms with Crippen molar-refractivity contribution in [3.8, 4) is 22.5 Å². The molecule has 10 aromatic carbocycles. The van der Waals surface area contributed by atoms with E-state index in [2.05, 4.69) is 241 Å². The van der Waals surface area contributed by atoms with Crippen molar-refractivity contribution in [2.45, 2.75) is 13.3 Å². The van der Waals surface area contributed by atoms with Gasteiger partial charge in [0, 0.05) is 55.0 Å². The van der Waals surface area contributed by atoms with Gasteiger partial charge in [0.05, 0.1) is 39.2 Å². The lowest BCUT2D eigenvalue weighted by molar-refractivity contribution is 0.666. The molecule has 0 spiro atoms. The molecular weight excluding hydrogens is 853 g/mol. The number of benzene rings is 10. The van der Waals surface area contributed by atoms with E-state index >= 15 is 0 Å². The van der Waals surface area contributed by atoms with E-state index in [4.69, 9.17) is 14.4 Å². The first-order chi connectivity index (χ1) is 34.6. The summed E-state index contributed by atoms with van der Waals surface area (Å²) in [5.41, 5.74) is 15.5. The maximum absolute atomic E-state index is 7.01. The minimum Gasteiger partial charge on any atom is -0.454 e. The second-order valence-corrected chi connectivity index (χ2v) is 18.5. The smallest absolute Gasteiger partial charge is 0.160 e. The van der Waals surface area contributed by atoms with E-state index in [1.807, 2.05) is 6.07 Å². The van der Waals surface area contributed by atoms with E-state index in [9.17, 15) is 0 Å². The van der Waals surface area contributed by atoms with Crippen LogP contribution < -0.4 is 0 Å². The van der Waals surface area contributed by atoms with Crippen molar-refractivity contribution >= 4 is 93.6 Å². The van der Waals surface area contributed by atoms with Gasteiger partial charge in [-0.25, -0.2) is 9.98 Å². The minimum atomic E-state index is 0.0435. The summed E-state index contributed by atoms with van der Waals surface area (Å²) in [6, 6.07) is 80.3. The van der Waals surface area contributed by atoms with Gasteiger partial charge in [0.15, 0.2) is 11.4 Å². The van der Waals surface area contributed by atoms with Gasteiger partial charge in [0.2, 0.25) is 0 Å². The minimum absolute atomic E-state index is 0.0435. The molecule has 4 heterocycles. The molecule has 0 bridgehead atoms. The third-order valence-electron chi connectivity index (χ3n) is 14.4. The lowest BCUT2D eigenvalue weighted by atomic mass is 9.92. The van der Waals surface area contributed by atoms with Crippen LogP contribution >= 0.6 is 0 Å². The maximum atomic E-state index is 7.01. The Morgan fingerprint density at radius 2 is 1.01 bits per heavy atom. The molecule has 0 N–H and O–H groups in total. The fraction of sp³-hybridized carbons (Fsp3) is 0.0462. The van der Waals surface area contributed by atoms with Crippen LogP contribution in [0.3, 0.4) is 0 Å². The summed E-state index contributed by atoms with van der Waals surface area (Å²) in [6.07, 6.45) is 3.05. The number of rotatable bonds is 6. The molecule has 330 valence electrons. The monoisotopic (exact) mass is 896 g/mol.